The van der Waals surface area contributed by atoms with Crippen LogP contribution in [0.4, 0.5) is 0 Å². The van der Waals surface area contributed by atoms with Crippen molar-refractivity contribution in [2.75, 3.05) is 13.1 Å². The van der Waals surface area contributed by atoms with E-state index in [4.69, 9.17) is 0 Å². The molecule has 0 aromatic carbocycles. The van der Waals surface area contributed by atoms with Crippen molar-refractivity contribution in [3.63, 3.8) is 0 Å². The van der Waals surface area contributed by atoms with E-state index in [0.717, 1.165) is 12.8 Å². The molecular weight excluding hydrogens is 314 g/mol. The van der Waals surface area contributed by atoms with E-state index >= 15 is 0 Å². The topological polar surface area (TPSA) is 62.3 Å². The van der Waals surface area contributed by atoms with E-state index in [1.54, 1.807) is 35.5 Å². The minimum Gasteiger partial charge on any atom is -0.351 e. The number of hydrogen-bond acceptors (Lipinski definition) is 3. The van der Waals surface area contributed by atoms with E-state index in [-0.39, 0.29) is 17.2 Å². The summed E-state index contributed by atoms with van der Waals surface area (Å²) in [5.74, 6) is -0.257. The molecule has 25 heavy (non-hydrogen) atoms. The average Bonchev–Trinajstić information content (AvgIpc) is 2.58. The highest BCUT2D eigenvalue weighted by molar-refractivity contribution is 5.97. The fourth-order valence-electron chi connectivity index (χ4n) is 2.61. The summed E-state index contributed by atoms with van der Waals surface area (Å²) in [5.41, 5.74) is 0.434. The number of hydrogen-bond donors (Lipinski definition) is 1. The van der Waals surface area contributed by atoms with Gasteiger partial charge in [-0.05, 0) is 24.0 Å². The fraction of sp³-hybridized carbons (Fsp3) is 0.550. The van der Waals surface area contributed by atoms with E-state index in [2.05, 4.69) is 44.6 Å². The van der Waals surface area contributed by atoms with Gasteiger partial charge in [0.05, 0.1) is 0 Å². The molecule has 1 atom stereocenters. The Kier molecular flexibility index (Phi) is 8.32. The maximum absolute atomic E-state index is 13.1. The molecule has 0 radical (unpaired) electrons. The molecule has 0 fully saturated rings. The van der Waals surface area contributed by atoms with Crippen LogP contribution in [0.2, 0.25) is 0 Å². The SMILES string of the molecule is C=CCNC(=O)C(CCCC)N(CC(C)(C)C)C(=O)c1ccncc1. The molecule has 5 nitrogen and oxygen atoms in total. The van der Waals surface area contributed by atoms with Crippen molar-refractivity contribution >= 4 is 11.8 Å². The van der Waals surface area contributed by atoms with Gasteiger partial charge in [-0.1, -0.05) is 46.6 Å². The molecular formula is C20H31N3O2. The Morgan fingerprint density at radius 2 is 1.96 bits per heavy atom. The van der Waals surface area contributed by atoms with Crippen LogP contribution in [0.3, 0.4) is 0 Å². The Morgan fingerprint density at radius 3 is 2.48 bits per heavy atom. The highest BCUT2D eigenvalue weighted by Gasteiger charge is 2.32. The maximum atomic E-state index is 13.1. The first-order chi connectivity index (χ1) is 11.8. The van der Waals surface area contributed by atoms with E-state index < -0.39 is 6.04 Å². The summed E-state index contributed by atoms with van der Waals surface area (Å²) in [6.45, 7) is 12.8. The molecule has 0 aliphatic carbocycles. The van der Waals surface area contributed by atoms with Gasteiger partial charge in [0, 0.05) is 31.0 Å². The lowest BCUT2D eigenvalue weighted by Gasteiger charge is -2.36. The van der Waals surface area contributed by atoms with Crippen molar-refractivity contribution < 1.29 is 9.59 Å². The molecule has 0 saturated carbocycles. The van der Waals surface area contributed by atoms with Crippen molar-refractivity contribution in [3.05, 3.63) is 42.7 Å². The standard InChI is InChI=1S/C20H31N3O2/c1-6-8-9-17(18(24)22-12-7-2)23(15-20(3,4)5)19(25)16-10-13-21-14-11-16/h7,10-11,13-14,17H,2,6,8-9,12,15H2,1,3-5H3,(H,22,24). The first-order valence-corrected chi connectivity index (χ1v) is 8.89. The number of nitrogens with zero attached hydrogens (tertiary/aromatic N) is 2. The van der Waals surface area contributed by atoms with E-state index in [0.29, 0.717) is 25.1 Å². The number of pyridine rings is 1. The monoisotopic (exact) mass is 345 g/mol. The highest BCUT2D eigenvalue weighted by atomic mass is 16.2. The molecule has 1 N–H and O–H groups in total. The van der Waals surface area contributed by atoms with Crippen LogP contribution in [0.15, 0.2) is 37.2 Å². The summed E-state index contributed by atoms with van der Waals surface area (Å²) in [7, 11) is 0. The average molecular weight is 345 g/mol. The molecule has 0 spiro atoms. The first kappa shape index (κ1) is 20.9. The molecule has 1 unspecified atom stereocenters. The van der Waals surface area contributed by atoms with Gasteiger partial charge < -0.3 is 10.2 Å². The number of carbonyl (C=O) groups is 2. The molecule has 0 bridgehead atoms. The third-order valence-corrected chi connectivity index (χ3v) is 3.76. The molecule has 2 amide bonds. The van der Waals surface area contributed by atoms with E-state index in [1.807, 2.05) is 0 Å². The van der Waals surface area contributed by atoms with Gasteiger partial charge in [0.1, 0.15) is 6.04 Å². The zero-order chi connectivity index (χ0) is 18.9. The summed E-state index contributed by atoms with van der Waals surface area (Å²) in [6, 6.07) is 2.90. The molecule has 1 rings (SSSR count). The normalized spacial score (nSPS) is 12.3. The number of nitrogens with one attached hydrogen (secondary N) is 1. The van der Waals surface area contributed by atoms with Crippen LogP contribution in [0.1, 0.15) is 57.3 Å². The summed E-state index contributed by atoms with van der Waals surface area (Å²) in [5, 5.41) is 2.85. The van der Waals surface area contributed by atoms with Gasteiger partial charge in [0.25, 0.3) is 5.91 Å². The second-order valence-corrected chi connectivity index (χ2v) is 7.42. The van der Waals surface area contributed by atoms with Gasteiger partial charge in [-0.3, -0.25) is 14.6 Å². The largest absolute Gasteiger partial charge is 0.351 e. The number of unbranched alkanes of at least 4 members (excludes halogenated alkanes) is 1. The van der Waals surface area contributed by atoms with Crippen LogP contribution in [0.5, 0.6) is 0 Å². The van der Waals surface area contributed by atoms with E-state index in [9.17, 15) is 9.59 Å². The summed E-state index contributed by atoms with van der Waals surface area (Å²) in [6.07, 6.45) is 7.34. The van der Waals surface area contributed by atoms with Gasteiger partial charge in [0.15, 0.2) is 0 Å². The van der Waals surface area contributed by atoms with Gasteiger partial charge >= 0.3 is 0 Å². The number of carbonyl (C=O) groups excluding carboxylic acids is 2. The molecule has 1 aromatic rings. The van der Waals surface area contributed by atoms with Crippen molar-refractivity contribution in [1.82, 2.24) is 15.2 Å². The fourth-order valence-corrected chi connectivity index (χ4v) is 2.61. The minimum absolute atomic E-state index is 0.119. The van der Waals surface area contributed by atoms with Crippen LogP contribution < -0.4 is 5.32 Å². The Morgan fingerprint density at radius 1 is 1.32 bits per heavy atom. The predicted octanol–water partition coefficient (Wildman–Crippen LogP) is 3.43. The quantitative estimate of drug-likeness (QED) is 0.698. The van der Waals surface area contributed by atoms with Gasteiger partial charge in [-0.15, -0.1) is 6.58 Å². The molecule has 1 aromatic heterocycles. The van der Waals surface area contributed by atoms with Gasteiger partial charge in [-0.25, -0.2) is 0 Å². The molecule has 5 heteroatoms. The van der Waals surface area contributed by atoms with E-state index in [1.165, 1.54) is 0 Å². The molecule has 0 saturated heterocycles. The number of amides is 2. The first-order valence-electron chi connectivity index (χ1n) is 8.89. The van der Waals surface area contributed by atoms with Crippen LogP contribution in [-0.2, 0) is 4.79 Å². The minimum atomic E-state index is -0.486. The molecule has 138 valence electrons. The lowest BCUT2D eigenvalue weighted by Crippen LogP contribution is -2.52. The maximum Gasteiger partial charge on any atom is 0.254 e. The smallest absolute Gasteiger partial charge is 0.254 e. The molecule has 0 aliphatic heterocycles. The van der Waals surface area contributed by atoms with Gasteiger partial charge in [-0.2, -0.15) is 0 Å². The van der Waals surface area contributed by atoms with Crippen molar-refractivity contribution in [3.8, 4) is 0 Å². The van der Waals surface area contributed by atoms with Crippen LogP contribution in [0.25, 0.3) is 0 Å². The van der Waals surface area contributed by atoms with Crippen molar-refractivity contribution in [1.29, 1.82) is 0 Å². The van der Waals surface area contributed by atoms with Crippen LogP contribution in [0, 0.1) is 5.41 Å². The second kappa shape index (κ2) is 9.97. The third kappa shape index (κ3) is 7.08. The summed E-state index contributed by atoms with van der Waals surface area (Å²) in [4.78, 5) is 31.5. The van der Waals surface area contributed by atoms with Crippen LogP contribution >= 0.6 is 0 Å². The lowest BCUT2D eigenvalue weighted by molar-refractivity contribution is -0.126. The molecule has 0 aliphatic rings. The third-order valence-electron chi connectivity index (χ3n) is 3.76. The highest BCUT2D eigenvalue weighted by Crippen LogP contribution is 2.22. The lowest BCUT2D eigenvalue weighted by atomic mass is 9.93. The summed E-state index contributed by atoms with van der Waals surface area (Å²) < 4.78 is 0. The zero-order valence-electron chi connectivity index (χ0n) is 15.9. The van der Waals surface area contributed by atoms with Crippen molar-refractivity contribution in [2.45, 2.75) is 53.0 Å². The molecule has 1 heterocycles. The Hall–Kier alpha value is -2.17. The number of aromatic nitrogens is 1. The zero-order valence-corrected chi connectivity index (χ0v) is 15.9. The van der Waals surface area contributed by atoms with Gasteiger partial charge in [0.2, 0.25) is 5.91 Å². The van der Waals surface area contributed by atoms with Crippen LogP contribution in [-0.4, -0.2) is 40.8 Å². The van der Waals surface area contributed by atoms with Crippen molar-refractivity contribution in [2.24, 2.45) is 5.41 Å². The Balaban J connectivity index is 3.16. The predicted molar refractivity (Wildman–Crippen MR) is 101 cm³/mol. The summed E-state index contributed by atoms with van der Waals surface area (Å²) >= 11 is 0. The number of rotatable bonds is 9. The second-order valence-electron chi connectivity index (χ2n) is 7.42. The Labute approximate surface area is 151 Å². The Bertz CT molecular complexity index is 564.